The summed E-state index contributed by atoms with van der Waals surface area (Å²) in [5, 5.41) is 5.63. The second-order valence-corrected chi connectivity index (χ2v) is 7.10. The van der Waals surface area contributed by atoms with Crippen LogP contribution >= 0.6 is 11.8 Å². The van der Waals surface area contributed by atoms with Gasteiger partial charge in [0, 0.05) is 12.1 Å². The Kier molecular flexibility index (Phi) is 6.49. The van der Waals surface area contributed by atoms with Crippen molar-refractivity contribution in [3.63, 3.8) is 0 Å². The molecule has 2 N–H and O–H groups in total. The van der Waals surface area contributed by atoms with Gasteiger partial charge < -0.3 is 15.4 Å². The van der Waals surface area contributed by atoms with Crippen LogP contribution in [0.2, 0.25) is 0 Å². The zero-order valence-electron chi connectivity index (χ0n) is 15.0. The average Bonchev–Trinajstić information content (AvgIpc) is 3.02. The molecule has 0 aromatic heterocycles. The highest BCUT2D eigenvalue weighted by Gasteiger charge is 2.31. The molecule has 1 fully saturated rings. The van der Waals surface area contributed by atoms with Crippen LogP contribution in [0.1, 0.15) is 18.9 Å². The SMILES string of the molecule is CCOc1ccc(NC(=O)CC2SC(=NCc3ccccc3)NC2=O)cc1. The Morgan fingerprint density at radius 3 is 2.63 bits per heavy atom. The van der Waals surface area contributed by atoms with Gasteiger partial charge in [0.15, 0.2) is 5.17 Å². The zero-order valence-corrected chi connectivity index (χ0v) is 15.8. The highest BCUT2D eigenvalue weighted by atomic mass is 32.2. The van der Waals surface area contributed by atoms with Crippen molar-refractivity contribution in [3.8, 4) is 5.75 Å². The molecule has 1 saturated heterocycles. The monoisotopic (exact) mass is 383 g/mol. The lowest BCUT2D eigenvalue weighted by Gasteiger charge is -2.08. The predicted octanol–water partition coefficient (Wildman–Crippen LogP) is 3.20. The van der Waals surface area contributed by atoms with Crippen LogP contribution in [0.5, 0.6) is 5.75 Å². The number of aliphatic imine (C=N–C) groups is 1. The van der Waals surface area contributed by atoms with Crippen LogP contribution in [0, 0.1) is 0 Å². The van der Waals surface area contributed by atoms with Crippen molar-refractivity contribution in [3.05, 3.63) is 60.2 Å². The molecule has 2 aromatic carbocycles. The zero-order chi connectivity index (χ0) is 19.1. The number of amides is 2. The largest absolute Gasteiger partial charge is 0.494 e. The summed E-state index contributed by atoms with van der Waals surface area (Å²) in [5.74, 6) is 0.352. The minimum absolute atomic E-state index is 0.0913. The number of carbonyl (C=O) groups is 2. The van der Waals surface area contributed by atoms with Crippen LogP contribution in [0.4, 0.5) is 5.69 Å². The van der Waals surface area contributed by atoms with E-state index in [9.17, 15) is 9.59 Å². The molecule has 0 bridgehead atoms. The highest BCUT2D eigenvalue weighted by molar-refractivity contribution is 8.15. The number of hydrogen-bond donors (Lipinski definition) is 2. The predicted molar refractivity (Wildman–Crippen MR) is 108 cm³/mol. The van der Waals surface area contributed by atoms with Crippen molar-refractivity contribution >= 4 is 34.4 Å². The highest BCUT2D eigenvalue weighted by Crippen LogP contribution is 2.24. The van der Waals surface area contributed by atoms with Crippen LogP contribution in [-0.4, -0.2) is 28.8 Å². The molecule has 1 atom stereocenters. The third kappa shape index (κ3) is 5.59. The van der Waals surface area contributed by atoms with Crippen LogP contribution in [0.25, 0.3) is 0 Å². The van der Waals surface area contributed by atoms with E-state index in [2.05, 4.69) is 15.6 Å². The Hall–Kier alpha value is -2.80. The molecule has 0 spiro atoms. The lowest BCUT2D eigenvalue weighted by atomic mass is 10.2. The summed E-state index contributed by atoms with van der Waals surface area (Å²) in [5.41, 5.74) is 1.74. The Labute approximate surface area is 162 Å². The van der Waals surface area contributed by atoms with Gasteiger partial charge in [-0.1, -0.05) is 42.1 Å². The summed E-state index contributed by atoms with van der Waals surface area (Å²) < 4.78 is 5.37. The molecule has 2 amide bonds. The van der Waals surface area contributed by atoms with Crippen molar-refractivity contribution < 1.29 is 14.3 Å². The second kappa shape index (κ2) is 9.23. The second-order valence-electron chi connectivity index (χ2n) is 5.91. The fraction of sp³-hybridized carbons (Fsp3) is 0.250. The molecule has 1 aliphatic rings. The van der Waals surface area contributed by atoms with Gasteiger partial charge in [-0.3, -0.25) is 14.6 Å². The molecule has 0 saturated carbocycles. The molecule has 6 nitrogen and oxygen atoms in total. The first kappa shape index (κ1) is 19.0. The summed E-state index contributed by atoms with van der Waals surface area (Å²) in [7, 11) is 0. The van der Waals surface area contributed by atoms with Gasteiger partial charge in [0.25, 0.3) is 0 Å². The van der Waals surface area contributed by atoms with E-state index in [1.807, 2.05) is 37.3 Å². The molecule has 2 aromatic rings. The number of amidine groups is 1. The van der Waals surface area contributed by atoms with Crippen molar-refractivity contribution in [1.29, 1.82) is 0 Å². The van der Waals surface area contributed by atoms with E-state index < -0.39 is 5.25 Å². The van der Waals surface area contributed by atoms with Crippen molar-refractivity contribution in [1.82, 2.24) is 5.32 Å². The van der Waals surface area contributed by atoms with Crippen molar-refractivity contribution in [2.75, 3.05) is 11.9 Å². The summed E-state index contributed by atoms with van der Waals surface area (Å²) in [6, 6.07) is 16.9. The maximum atomic E-state index is 12.2. The molecule has 1 heterocycles. The summed E-state index contributed by atoms with van der Waals surface area (Å²) >= 11 is 1.29. The standard InChI is InChI=1S/C20H21N3O3S/c1-2-26-16-10-8-15(9-11-16)22-18(24)12-17-19(25)23-20(27-17)21-13-14-6-4-3-5-7-14/h3-11,17H,2,12-13H2,1H3,(H,22,24)(H,21,23,25). The molecule has 1 aliphatic heterocycles. The fourth-order valence-corrected chi connectivity index (χ4v) is 3.51. The van der Waals surface area contributed by atoms with Gasteiger partial charge in [-0.15, -0.1) is 0 Å². The number of anilines is 1. The van der Waals surface area contributed by atoms with E-state index in [4.69, 9.17) is 4.74 Å². The van der Waals surface area contributed by atoms with Crippen LogP contribution in [-0.2, 0) is 16.1 Å². The summed E-state index contributed by atoms with van der Waals surface area (Å²) in [6.45, 7) is 3.00. The summed E-state index contributed by atoms with van der Waals surface area (Å²) in [6.07, 6.45) is 0.0913. The molecule has 27 heavy (non-hydrogen) atoms. The smallest absolute Gasteiger partial charge is 0.240 e. The van der Waals surface area contributed by atoms with Crippen LogP contribution < -0.4 is 15.4 Å². The molecule has 0 radical (unpaired) electrons. The van der Waals surface area contributed by atoms with Gasteiger partial charge in [-0.2, -0.15) is 0 Å². The molecule has 3 rings (SSSR count). The van der Waals surface area contributed by atoms with Gasteiger partial charge in [-0.05, 0) is 36.8 Å². The number of hydrogen-bond acceptors (Lipinski definition) is 5. The Bertz CT molecular complexity index is 822. The summed E-state index contributed by atoms with van der Waals surface area (Å²) in [4.78, 5) is 28.7. The number of thioether (sulfide) groups is 1. The lowest BCUT2D eigenvalue weighted by Crippen LogP contribution is -2.28. The minimum atomic E-state index is -0.470. The number of rotatable bonds is 7. The molecular formula is C20H21N3O3S. The quantitative estimate of drug-likeness (QED) is 0.769. The normalized spacial score (nSPS) is 17.6. The van der Waals surface area contributed by atoms with E-state index in [1.165, 1.54) is 11.8 Å². The molecule has 140 valence electrons. The van der Waals surface area contributed by atoms with E-state index >= 15 is 0 Å². The average molecular weight is 383 g/mol. The van der Waals surface area contributed by atoms with Gasteiger partial charge in [0.2, 0.25) is 11.8 Å². The Balaban J connectivity index is 1.51. The topological polar surface area (TPSA) is 79.8 Å². The first-order valence-corrected chi connectivity index (χ1v) is 9.60. The van der Waals surface area contributed by atoms with E-state index in [-0.39, 0.29) is 18.2 Å². The number of nitrogens with zero attached hydrogens (tertiary/aromatic N) is 1. The molecule has 1 unspecified atom stereocenters. The van der Waals surface area contributed by atoms with Gasteiger partial charge in [-0.25, -0.2) is 0 Å². The fourth-order valence-electron chi connectivity index (χ4n) is 2.54. The minimum Gasteiger partial charge on any atom is -0.494 e. The van der Waals surface area contributed by atoms with E-state index in [0.717, 1.165) is 11.3 Å². The van der Waals surface area contributed by atoms with Gasteiger partial charge in [0.05, 0.1) is 13.2 Å². The third-order valence-corrected chi connectivity index (χ3v) is 4.96. The number of carbonyl (C=O) groups excluding carboxylic acids is 2. The lowest BCUT2D eigenvalue weighted by molar-refractivity contribution is -0.122. The number of benzene rings is 2. The Morgan fingerprint density at radius 2 is 1.93 bits per heavy atom. The maximum Gasteiger partial charge on any atom is 0.240 e. The van der Waals surface area contributed by atoms with Crippen LogP contribution in [0.15, 0.2) is 59.6 Å². The van der Waals surface area contributed by atoms with E-state index in [1.54, 1.807) is 24.3 Å². The number of ether oxygens (including phenoxy) is 1. The van der Waals surface area contributed by atoms with Crippen LogP contribution in [0.3, 0.4) is 0 Å². The molecule has 0 aliphatic carbocycles. The third-order valence-electron chi connectivity index (χ3n) is 3.84. The molecular weight excluding hydrogens is 362 g/mol. The van der Waals surface area contributed by atoms with Crippen molar-refractivity contribution in [2.24, 2.45) is 4.99 Å². The van der Waals surface area contributed by atoms with Gasteiger partial charge >= 0.3 is 0 Å². The molecule has 7 heteroatoms. The first-order chi connectivity index (χ1) is 13.1. The Morgan fingerprint density at radius 1 is 1.19 bits per heavy atom. The first-order valence-electron chi connectivity index (χ1n) is 8.72. The maximum absolute atomic E-state index is 12.2. The number of nitrogens with one attached hydrogen (secondary N) is 2. The van der Waals surface area contributed by atoms with Gasteiger partial charge in [0.1, 0.15) is 11.0 Å². The van der Waals surface area contributed by atoms with E-state index in [0.29, 0.717) is 24.0 Å². The van der Waals surface area contributed by atoms with Crippen molar-refractivity contribution in [2.45, 2.75) is 25.1 Å².